The minimum atomic E-state index is -4.33. The maximum atomic E-state index is 12.1. The highest BCUT2D eigenvalue weighted by Gasteiger charge is 2.30. The van der Waals surface area contributed by atoms with Crippen LogP contribution in [-0.4, -0.2) is 17.7 Å². The molecule has 2 rings (SSSR count). The lowest BCUT2D eigenvalue weighted by atomic mass is 10.3. The quantitative estimate of drug-likeness (QED) is 0.655. The number of halogens is 3. The Morgan fingerprint density at radius 3 is 2.62 bits per heavy atom. The molecule has 0 aliphatic heterocycles. The molecule has 0 spiro atoms. The van der Waals surface area contributed by atoms with Crippen molar-refractivity contribution in [3.63, 3.8) is 0 Å². The highest BCUT2D eigenvalue weighted by Crippen LogP contribution is 2.28. The molecule has 3 nitrogen and oxygen atoms in total. The highest BCUT2D eigenvalue weighted by molar-refractivity contribution is 7.22. The molecular weight excluding hydrogens is 239 g/mol. The first-order valence-electron chi connectivity index (χ1n) is 4.40. The number of fused-ring (bicyclic) bond motifs is 1. The van der Waals surface area contributed by atoms with Gasteiger partial charge < -0.3 is 0 Å². The van der Waals surface area contributed by atoms with Crippen LogP contribution < -0.4 is 10.9 Å². The predicted octanol–water partition coefficient (Wildman–Crippen LogP) is 2.54. The predicted molar refractivity (Wildman–Crippen MR) is 57.2 cm³/mol. The molecule has 0 bridgehead atoms. The number of para-hydroxylation sites is 1. The van der Waals surface area contributed by atoms with E-state index in [1.54, 1.807) is 24.3 Å². The van der Waals surface area contributed by atoms with Gasteiger partial charge in [-0.05, 0) is 12.1 Å². The molecule has 0 unspecified atom stereocenters. The van der Waals surface area contributed by atoms with Gasteiger partial charge in [-0.25, -0.2) is 10.8 Å². The maximum Gasteiger partial charge on any atom is 0.407 e. The van der Waals surface area contributed by atoms with Gasteiger partial charge in [0.1, 0.15) is 6.54 Å². The lowest BCUT2D eigenvalue weighted by Crippen LogP contribution is -2.39. The molecule has 0 aliphatic carbocycles. The van der Waals surface area contributed by atoms with Gasteiger partial charge in [-0.2, -0.15) is 13.2 Å². The molecule has 2 N–H and O–H groups in total. The number of thiazole rings is 1. The minimum Gasteiger partial charge on any atom is -0.277 e. The van der Waals surface area contributed by atoms with E-state index in [0.717, 1.165) is 16.0 Å². The number of alkyl halides is 3. The second kappa shape index (κ2) is 3.91. The molecule has 0 atom stereocenters. The Morgan fingerprint density at radius 2 is 2.00 bits per heavy atom. The zero-order chi connectivity index (χ0) is 11.8. The number of anilines is 1. The fraction of sp³-hybridized carbons (Fsp3) is 0.222. The number of nitrogens with zero attached hydrogens (tertiary/aromatic N) is 2. The molecule has 1 heterocycles. The molecule has 1 aromatic heterocycles. The number of benzene rings is 1. The van der Waals surface area contributed by atoms with E-state index in [0.29, 0.717) is 10.5 Å². The maximum absolute atomic E-state index is 12.1. The molecule has 7 heteroatoms. The van der Waals surface area contributed by atoms with Crippen LogP contribution in [0.25, 0.3) is 10.2 Å². The second-order valence-electron chi connectivity index (χ2n) is 3.21. The third-order valence-electron chi connectivity index (χ3n) is 1.88. The van der Waals surface area contributed by atoms with Crippen molar-refractivity contribution in [3.05, 3.63) is 24.3 Å². The van der Waals surface area contributed by atoms with Crippen molar-refractivity contribution in [2.24, 2.45) is 5.84 Å². The summed E-state index contributed by atoms with van der Waals surface area (Å²) in [4.78, 5) is 4.02. The van der Waals surface area contributed by atoms with Crippen LogP contribution in [0, 0.1) is 0 Å². The Balaban J connectivity index is 2.26. The van der Waals surface area contributed by atoms with Crippen molar-refractivity contribution >= 4 is 26.7 Å². The average Bonchev–Trinajstić information content (AvgIpc) is 2.58. The second-order valence-corrected chi connectivity index (χ2v) is 4.22. The summed E-state index contributed by atoms with van der Waals surface area (Å²) in [6.07, 6.45) is -4.33. The van der Waals surface area contributed by atoms with E-state index in [2.05, 4.69) is 4.98 Å². The molecule has 0 saturated heterocycles. The van der Waals surface area contributed by atoms with Crippen molar-refractivity contribution in [3.8, 4) is 0 Å². The topological polar surface area (TPSA) is 42.1 Å². The van der Waals surface area contributed by atoms with Gasteiger partial charge in [-0.15, -0.1) is 0 Å². The summed E-state index contributed by atoms with van der Waals surface area (Å²) in [6, 6.07) is 7.10. The molecular formula is C9H8F3N3S. The number of hydrogen-bond donors (Lipinski definition) is 1. The fourth-order valence-electron chi connectivity index (χ4n) is 1.24. The summed E-state index contributed by atoms with van der Waals surface area (Å²) in [5, 5.41) is 0.781. The van der Waals surface area contributed by atoms with Crippen LogP contribution in [0.15, 0.2) is 24.3 Å². The van der Waals surface area contributed by atoms with Crippen molar-refractivity contribution in [2.75, 3.05) is 11.6 Å². The summed E-state index contributed by atoms with van der Waals surface area (Å²) in [5.74, 6) is 5.31. The van der Waals surface area contributed by atoms with Crippen LogP contribution in [0.2, 0.25) is 0 Å². The van der Waals surface area contributed by atoms with Gasteiger partial charge in [0.05, 0.1) is 10.2 Å². The molecule has 86 valence electrons. The molecule has 0 amide bonds. The third-order valence-corrected chi connectivity index (χ3v) is 2.95. The monoisotopic (exact) mass is 247 g/mol. The summed E-state index contributed by atoms with van der Waals surface area (Å²) in [5.41, 5.74) is 0.653. The first-order chi connectivity index (χ1) is 7.46. The van der Waals surface area contributed by atoms with Crippen LogP contribution in [0.3, 0.4) is 0 Å². The summed E-state index contributed by atoms with van der Waals surface area (Å²) in [6.45, 7) is -1.20. The van der Waals surface area contributed by atoms with Crippen LogP contribution in [0.5, 0.6) is 0 Å². The number of hydrogen-bond acceptors (Lipinski definition) is 4. The van der Waals surface area contributed by atoms with E-state index < -0.39 is 12.7 Å². The van der Waals surface area contributed by atoms with E-state index in [1.165, 1.54) is 0 Å². The summed E-state index contributed by atoms with van der Waals surface area (Å²) < 4.78 is 37.1. The van der Waals surface area contributed by atoms with E-state index in [1.807, 2.05) is 0 Å². The van der Waals surface area contributed by atoms with Gasteiger partial charge in [0.2, 0.25) is 5.13 Å². The molecule has 0 fully saturated rings. The zero-order valence-electron chi connectivity index (χ0n) is 8.03. The normalized spacial score (nSPS) is 12.0. The van der Waals surface area contributed by atoms with Gasteiger partial charge in [0, 0.05) is 0 Å². The third kappa shape index (κ3) is 2.42. The van der Waals surface area contributed by atoms with E-state index in [4.69, 9.17) is 5.84 Å². The Hall–Kier alpha value is -1.34. The summed E-state index contributed by atoms with van der Waals surface area (Å²) >= 11 is 1.14. The van der Waals surface area contributed by atoms with Crippen LogP contribution in [0.1, 0.15) is 0 Å². The lowest BCUT2D eigenvalue weighted by Gasteiger charge is -2.16. The van der Waals surface area contributed by atoms with E-state index >= 15 is 0 Å². The molecule has 0 radical (unpaired) electrons. The Morgan fingerprint density at radius 1 is 1.31 bits per heavy atom. The molecule has 16 heavy (non-hydrogen) atoms. The first kappa shape index (κ1) is 11.2. The number of aromatic nitrogens is 1. The number of nitrogens with two attached hydrogens (primary N) is 1. The molecule has 1 aromatic carbocycles. The van der Waals surface area contributed by atoms with Gasteiger partial charge in [-0.1, -0.05) is 23.5 Å². The Labute approximate surface area is 93.3 Å². The van der Waals surface area contributed by atoms with Gasteiger partial charge in [0.15, 0.2) is 0 Å². The number of rotatable bonds is 2. The minimum absolute atomic E-state index is 0.165. The largest absolute Gasteiger partial charge is 0.407 e. The number of hydrazine groups is 1. The zero-order valence-corrected chi connectivity index (χ0v) is 8.85. The van der Waals surface area contributed by atoms with Crippen LogP contribution >= 0.6 is 11.3 Å². The van der Waals surface area contributed by atoms with Crippen molar-refractivity contribution in [1.82, 2.24) is 4.98 Å². The van der Waals surface area contributed by atoms with Gasteiger partial charge >= 0.3 is 6.18 Å². The van der Waals surface area contributed by atoms with E-state index in [9.17, 15) is 13.2 Å². The molecule has 2 aromatic rings. The molecule has 0 saturated carbocycles. The van der Waals surface area contributed by atoms with Gasteiger partial charge in [-0.3, -0.25) is 5.01 Å². The lowest BCUT2D eigenvalue weighted by molar-refractivity contribution is -0.119. The SMILES string of the molecule is NN(CC(F)(F)F)c1nc2ccccc2s1. The van der Waals surface area contributed by atoms with Crippen molar-refractivity contribution < 1.29 is 13.2 Å². The Kier molecular flexibility index (Phi) is 2.73. The van der Waals surface area contributed by atoms with E-state index in [-0.39, 0.29) is 5.13 Å². The standard InChI is InChI=1S/C9H8F3N3S/c10-9(11,12)5-15(13)8-14-6-3-1-2-4-7(6)16-8/h1-4H,5,13H2. The van der Waals surface area contributed by atoms with Crippen LogP contribution in [-0.2, 0) is 0 Å². The van der Waals surface area contributed by atoms with Gasteiger partial charge in [0.25, 0.3) is 0 Å². The highest BCUT2D eigenvalue weighted by atomic mass is 32.1. The molecule has 0 aliphatic rings. The fourth-order valence-corrected chi connectivity index (χ4v) is 2.13. The first-order valence-corrected chi connectivity index (χ1v) is 5.22. The van der Waals surface area contributed by atoms with Crippen LogP contribution in [0.4, 0.5) is 18.3 Å². The summed E-state index contributed by atoms with van der Waals surface area (Å²) in [7, 11) is 0. The smallest absolute Gasteiger partial charge is 0.277 e. The van der Waals surface area contributed by atoms with Crippen molar-refractivity contribution in [1.29, 1.82) is 0 Å². The Bertz CT molecular complexity index is 461. The average molecular weight is 247 g/mol. The van der Waals surface area contributed by atoms with Crippen molar-refractivity contribution in [2.45, 2.75) is 6.18 Å².